The number of ether oxygens (including phenoxy) is 1. The van der Waals surface area contributed by atoms with Crippen molar-refractivity contribution in [1.29, 1.82) is 0 Å². The van der Waals surface area contributed by atoms with Crippen molar-refractivity contribution in [3.8, 4) is 0 Å². The third-order valence-corrected chi connectivity index (χ3v) is 3.38. The highest BCUT2D eigenvalue weighted by Crippen LogP contribution is 2.20. The second-order valence-electron chi connectivity index (χ2n) is 6.80. The minimum Gasteiger partial charge on any atom is -0.460 e. The number of hydrogen-bond donors (Lipinski definition) is 0. The van der Waals surface area contributed by atoms with Gasteiger partial charge in [-0.05, 0) is 31.9 Å². The van der Waals surface area contributed by atoms with Gasteiger partial charge in [-0.15, -0.1) is 0 Å². The zero-order valence-electron chi connectivity index (χ0n) is 14.3. The number of benzene rings is 1. The van der Waals surface area contributed by atoms with Crippen molar-refractivity contribution in [2.24, 2.45) is 13.0 Å². The van der Waals surface area contributed by atoms with Crippen molar-refractivity contribution >= 4 is 22.7 Å². The number of rotatable bonds is 4. The van der Waals surface area contributed by atoms with Crippen LogP contribution in [0.2, 0.25) is 0 Å². The summed E-state index contributed by atoms with van der Waals surface area (Å²) in [7, 11) is 1.78. The van der Waals surface area contributed by atoms with Crippen molar-refractivity contribution in [3.05, 3.63) is 36.0 Å². The minimum absolute atomic E-state index is 0.0856. The minimum atomic E-state index is -0.551. The second kappa shape index (κ2) is 6.44. The molecule has 1 aromatic carbocycles. The van der Waals surface area contributed by atoms with Crippen LogP contribution in [0, 0.1) is 5.92 Å². The first-order valence-corrected chi connectivity index (χ1v) is 7.69. The molecule has 0 bridgehead atoms. The van der Waals surface area contributed by atoms with Crippen LogP contribution in [-0.4, -0.2) is 22.5 Å². The number of aromatic nitrogens is 2. The lowest BCUT2D eigenvalue weighted by Crippen LogP contribution is -2.34. The van der Waals surface area contributed by atoms with Crippen LogP contribution < -0.4 is 4.68 Å². The summed E-state index contributed by atoms with van der Waals surface area (Å²) in [6, 6.07) is 7.49. The molecule has 122 valence electrons. The summed E-state index contributed by atoms with van der Waals surface area (Å²) in [5.41, 5.74) is 0.781. The van der Waals surface area contributed by atoms with Gasteiger partial charge in [0.2, 0.25) is 6.20 Å². The van der Waals surface area contributed by atoms with Crippen LogP contribution in [0.5, 0.6) is 0 Å². The first-order chi connectivity index (χ1) is 10.7. The molecule has 0 saturated carbocycles. The van der Waals surface area contributed by atoms with E-state index in [1.807, 2.05) is 45.0 Å². The van der Waals surface area contributed by atoms with Crippen LogP contribution in [0.15, 0.2) is 30.5 Å². The van der Waals surface area contributed by atoms with Gasteiger partial charge in [-0.1, -0.05) is 29.8 Å². The predicted octanol–water partition coefficient (Wildman–Crippen LogP) is 2.61. The zero-order chi connectivity index (χ0) is 17.2. The number of nitrogens with zero attached hydrogens (tertiary/aromatic N) is 2. The maximum atomic E-state index is 12.6. The van der Waals surface area contributed by atoms with Crippen LogP contribution in [0.4, 0.5) is 0 Å². The molecule has 1 atom stereocenters. The van der Waals surface area contributed by atoms with E-state index in [4.69, 9.17) is 4.74 Å². The standard InChI is InChI=1S/C18H23N2O3/c1-12(17(22)23-18(2,3)4)10-16(21)14-11-20(5)19-15-9-7-6-8-13(14)15/h6-9,11-12H,10H2,1-5H3/q+1/t12-/m0/s1. The van der Waals surface area contributed by atoms with Gasteiger partial charge in [0.1, 0.15) is 11.1 Å². The lowest BCUT2D eigenvalue weighted by Gasteiger charge is -2.22. The van der Waals surface area contributed by atoms with Crippen LogP contribution in [0.1, 0.15) is 44.5 Å². The molecule has 0 aliphatic rings. The number of carbonyl (C=O) groups excluding carboxylic acids is 2. The highest BCUT2D eigenvalue weighted by atomic mass is 16.6. The first kappa shape index (κ1) is 17.1. The topological polar surface area (TPSA) is 60.1 Å². The van der Waals surface area contributed by atoms with Gasteiger partial charge in [-0.25, -0.2) is 0 Å². The van der Waals surface area contributed by atoms with E-state index in [9.17, 15) is 9.59 Å². The lowest BCUT2D eigenvalue weighted by atomic mass is 9.98. The molecule has 5 nitrogen and oxygen atoms in total. The van der Waals surface area contributed by atoms with Crippen LogP contribution in [0.3, 0.4) is 0 Å². The lowest BCUT2D eigenvalue weighted by molar-refractivity contribution is -0.728. The van der Waals surface area contributed by atoms with Crippen molar-refractivity contribution in [2.75, 3.05) is 0 Å². The molecular formula is C18H23N2O3+. The fourth-order valence-corrected chi connectivity index (χ4v) is 2.34. The largest absolute Gasteiger partial charge is 0.460 e. The normalized spacial score (nSPS) is 12.9. The Kier molecular flexibility index (Phi) is 4.78. The average molecular weight is 315 g/mol. The number of ketones is 1. The SMILES string of the molecule is C[C@@H](CC(=O)c1c[n+](C)nc2ccccc12)C(=O)OC(C)(C)C. The molecular weight excluding hydrogens is 292 g/mol. The van der Waals surface area contributed by atoms with Crippen molar-refractivity contribution in [3.63, 3.8) is 0 Å². The van der Waals surface area contributed by atoms with E-state index in [2.05, 4.69) is 5.10 Å². The predicted molar refractivity (Wildman–Crippen MR) is 86.9 cm³/mol. The van der Waals surface area contributed by atoms with Gasteiger partial charge in [0.25, 0.3) is 0 Å². The summed E-state index contributed by atoms with van der Waals surface area (Å²) in [5, 5.41) is 5.15. The highest BCUT2D eigenvalue weighted by molar-refractivity contribution is 6.07. The van der Waals surface area contributed by atoms with Crippen LogP contribution in [-0.2, 0) is 16.6 Å². The molecule has 1 heterocycles. The summed E-state index contributed by atoms with van der Waals surface area (Å²) in [6.45, 7) is 7.16. The Labute approximate surface area is 136 Å². The van der Waals surface area contributed by atoms with Gasteiger partial charge in [0.15, 0.2) is 12.8 Å². The maximum absolute atomic E-state index is 12.6. The van der Waals surface area contributed by atoms with E-state index in [1.165, 1.54) is 0 Å². The summed E-state index contributed by atoms with van der Waals surface area (Å²) in [4.78, 5) is 24.7. The fourth-order valence-electron chi connectivity index (χ4n) is 2.34. The Balaban J connectivity index is 2.23. The zero-order valence-corrected chi connectivity index (χ0v) is 14.3. The van der Waals surface area contributed by atoms with Crippen molar-refractivity contribution in [1.82, 2.24) is 5.10 Å². The van der Waals surface area contributed by atoms with E-state index in [-0.39, 0.29) is 18.2 Å². The molecule has 23 heavy (non-hydrogen) atoms. The van der Waals surface area contributed by atoms with Crippen LogP contribution >= 0.6 is 0 Å². The fraction of sp³-hybridized carbons (Fsp3) is 0.444. The van der Waals surface area contributed by atoms with E-state index in [0.29, 0.717) is 5.56 Å². The molecule has 2 aromatic rings. The van der Waals surface area contributed by atoms with E-state index < -0.39 is 11.5 Å². The molecule has 0 unspecified atom stereocenters. The van der Waals surface area contributed by atoms with E-state index >= 15 is 0 Å². The van der Waals surface area contributed by atoms with Crippen LogP contribution in [0.25, 0.3) is 10.9 Å². The summed E-state index contributed by atoms with van der Waals surface area (Å²) in [5.74, 6) is -0.926. The number of fused-ring (bicyclic) bond motifs is 1. The Morgan fingerprint density at radius 3 is 2.57 bits per heavy atom. The van der Waals surface area contributed by atoms with Gasteiger partial charge < -0.3 is 4.74 Å². The molecule has 1 aromatic heterocycles. The first-order valence-electron chi connectivity index (χ1n) is 7.69. The molecule has 5 heteroatoms. The number of esters is 1. The van der Waals surface area contributed by atoms with Crippen molar-refractivity contribution < 1.29 is 19.0 Å². The average Bonchev–Trinajstić information content (AvgIpc) is 2.44. The van der Waals surface area contributed by atoms with Gasteiger partial charge in [0.05, 0.1) is 11.5 Å². The smallest absolute Gasteiger partial charge is 0.309 e. The van der Waals surface area contributed by atoms with Crippen molar-refractivity contribution in [2.45, 2.75) is 39.7 Å². The molecule has 0 radical (unpaired) electrons. The van der Waals surface area contributed by atoms with E-state index in [0.717, 1.165) is 10.9 Å². The molecule has 0 spiro atoms. The Morgan fingerprint density at radius 1 is 1.26 bits per heavy atom. The Hall–Kier alpha value is -2.30. The van der Waals surface area contributed by atoms with Gasteiger partial charge in [0, 0.05) is 11.8 Å². The maximum Gasteiger partial charge on any atom is 0.309 e. The molecule has 0 N–H and O–H groups in total. The third kappa shape index (κ3) is 4.34. The second-order valence-corrected chi connectivity index (χ2v) is 6.80. The van der Waals surface area contributed by atoms with Gasteiger partial charge in [-0.3, -0.25) is 9.59 Å². The Morgan fingerprint density at radius 2 is 1.91 bits per heavy atom. The monoisotopic (exact) mass is 315 g/mol. The van der Waals surface area contributed by atoms with E-state index in [1.54, 1.807) is 24.9 Å². The summed E-state index contributed by atoms with van der Waals surface area (Å²) < 4.78 is 6.96. The van der Waals surface area contributed by atoms with Gasteiger partial charge >= 0.3 is 5.97 Å². The van der Waals surface area contributed by atoms with Gasteiger partial charge in [-0.2, -0.15) is 0 Å². The third-order valence-electron chi connectivity index (χ3n) is 3.38. The molecule has 0 amide bonds. The number of Topliss-reactive ketones (excluding diaryl/α,β-unsaturated/α-hetero) is 1. The molecule has 2 rings (SSSR count). The molecule has 0 saturated heterocycles. The Bertz CT molecular complexity index is 748. The summed E-state index contributed by atoms with van der Waals surface area (Å²) in [6.07, 6.45) is 1.81. The number of hydrogen-bond acceptors (Lipinski definition) is 4. The quantitative estimate of drug-likeness (QED) is 0.494. The number of aryl methyl sites for hydroxylation is 1. The molecule has 0 aliphatic heterocycles. The summed E-state index contributed by atoms with van der Waals surface area (Å²) >= 11 is 0. The highest BCUT2D eigenvalue weighted by Gasteiger charge is 2.26. The molecule has 0 aliphatic carbocycles. The number of carbonyl (C=O) groups is 2. The molecule has 0 fully saturated rings.